The second-order valence-corrected chi connectivity index (χ2v) is 4.51. The molecule has 3 N–H and O–H groups in total. The van der Waals surface area contributed by atoms with Gasteiger partial charge in [0, 0.05) is 11.8 Å². The van der Waals surface area contributed by atoms with Gasteiger partial charge in [-0.05, 0) is 19.2 Å². The third kappa shape index (κ3) is 3.64. The lowest BCUT2D eigenvalue weighted by atomic mass is 10.2. The lowest BCUT2D eigenvalue weighted by molar-refractivity contribution is 0.884. The van der Waals surface area contributed by atoms with Gasteiger partial charge in [0.2, 0.25) is 0 Å². The van der Waals surface area contributed by atoms with Gasteiger partial charge in [-0.3, -0.25) is 0 Å². The van der Waals surface area contributed by atoms with Crippen molar-refractivity contribution in [2.75, 3.05) is 17.3 Å². The molecular formula is C9H14N4S2. The van der Waals surface area contributed by atoms with Crippen LogP contribution in [0.5, 0.6) is 0 Å². The highest BCUT2D eigenvalue weighted by Crippen LogP contribution is 2.12. The van der Waals surface area contributed by atoms with E-state index in [1.165, 1.54) is 0 Å². The largest absolute Gasteiger partial charge is 0.389 e. The van der Waals surface area contributed by atoms with Crippen molar-refractivity contribution in [2.45, 2.75) is 13.0 Å². The van der Waals surface area contributed by atoms with Gasteiger partial charge in [0.05, 0.1) is 11.8 Å². The SMILES string of the molecule is CSCC(C)Nc1nnccc1C(N)=S. The molecule has 0 aliphatic heterocycles. The van der Waals surface area contributed by atoms with Crippen LogP contribution in [0.4, 0.5) is 5.82 Å². The molecule has 1 aromatic heterocycles. The molecule has 1 aromatic rings. The maximum absolute atomic E-state index is 5.58. The fraction of sp³-hybridized carbons (Fsp3) is 0.444. The van der Waals surface area contributed by atoms with Crippen molar-refractivity contribution in [3.8, 4) is 0 Å². The normalized spacial score (nSPS) is 12.1. The summed E-state index contributed by atoms with van der Waals surface area (Å²) in [7, 11) is 0. The molecule has 4 nitrogen and oxygen atoms in total. The minimum atomic E-state index is 0.310. The molecule has 0 amide bonds. The van der Waals surface area contributed by atoms with E-state index in [-0.39, 0.29) is 0 Å². The molecule has 0 bridgehead atoms. The van der Waals surface area contributed by atoms with Crippen LogP contribution >= 0.6 is 24.0 Å². The van der Waals surface area contributed by atoms with Crippen LogP contribution in [0.15, 0.2) is 12.3 Å². The smallest absolute Gasteiger partial charge is 0.159 e. The number of hydrogen-bond donors (Lipinski definition) is 2. The van der Waals surface area contributed by atoms with Gasteiger partial charge in [-0.25, -0.2) is 0 Å². The zero-order chi connectivity index (χ0) is 11.3. The lowest BCUT2D eigenvalue weighted by Crippen LogP contribution is -2.22. The number of nitrogens with zero attached hydrogens (tertiary/aromatic N) is 2. The van der Waals surface area contributed by atoms with Gasteiger partial charge in [0.25, 0.3) is 0 Å². The molecule has 82 valence electrons. The zero-order valence-corrected chi connectivity index (χ0v) is 10.4. The Hall–Kier alpha value is -0.880. The van der Waals surface area contributed by atoms with Crippen LogP contribution in [0, 0.1) is 0 Å². The van der Waals surface area contributed by atoms with Gasteiger partial charge < -0.3 is 11.1 Å². The Labute approximate surface area is 99.0 Å². The maximum Gasteiger partial charge on any atom is 0.159 e. The van der Waals surface area contributed by atoms with E-state index in [1.807, 2.05) is 0 Å². The van der Waals surface area contributed by atoms with Crippen LogP contribution in [0.2, 0.25) is 0 Å². The minimum Gasteiger partial charge on any atom is -0.389 e. The number of thioether (sulfide) groups is 1. The first-order valence-electron chi connectivity index (χ1n) is 4.52. The van der Waals surface area contributed by atoms with Crippen LogP contribution in [0.3, 0.4) is 0 Å². The third-order valence-corrected chi connectivity index (χ3v) is 2.84. The lowest BCUT2D eigenvalue weighted by Gasteiger charge is -2.14. The van der Waals surface area contributed by atoms with Crippen LogP contribution < -0.4 is 11.1 Å². The summed E-state index contributed by atoms with van der Waals surface area (Å²) in [5.74, 6) is 1.65. The quantitative estimate of drug-likeness (QED) is 0.758. The molecule has 0 radical (unpaired) electrons. The molecule has 6 heteroatoms. The molecule has 0 fully saturated rings. The molecule has 0 spiro atoms. The van der Waals surface area contributed by atoms with Crippen molar-refractivity contribution in [2.24, 2.45) is 5.73 Å². The number of hydrogen-bond acceptors (Lipinski definition) is 5. The fourth-order valence-corrected chi connectivity index (χ4v) is 1.91. The van der Waals surface area contributed by atoms with Crippen molar-refractivity contribution in [1.82, 2.24) is 10.2 Å². The van der Waals surface area contributed by atoms with E-state index in [4.69, 9.17) is 18.0 Å². The van der Waals surface area contributed by atoms with Gasteiger partial charge in [-0.15, -0.1) is 5.10 Å². The Balaban J connectivity index is 2.79. The first-order valence-corrected chi connectivity index (χ1v) is 6.32. The molecule has 1 heterocycles. The molecule has 0 aromatic carbocycles. The Bertz CT molecular complexity index is 343. The number of thiocarbonyl (C=S) groups is 1. The highest BCUT2D eigenvalue weighted by molar-refractivity contribution is 7.98. The summed E-state index contributed by atoms with van der Waals surface area (Å²) >= 11 is 6.70. The molecule has 0 aliphatic carbocycles. The minimum absolute atomic E-state index is 0.310. The molecule has 0 saturated carbocycles. The number of nitrogens with one attached hydrogen (secondary N) is 1. The van der Waals surface area contributed by atoms with Gasteiger partial charge in [0.1, 0.15) is 4.99 Å². The van der Waals surface area contributed by atoms with Gasteiger partial charge in [0.15, 0.2) is 5.82 Å². The van der Waals surface area contributed by atoms with E-state index >= 15 is 0 Å². The monoisotopic (exact) mass is 242 g/mol. The number of rotatable bonds is 5. The predicted octanol–water partition coefficient (Wildman–Crippen LogP) is 1.27. The van der Waals surface area contributed by atoms with Crippen LogP contribution in [-0.2, 0) is 0 Å². The molecule has 0 aliphatic rings. The van der Waals surface area contributed by atoms with Gasteiger partial charge >= 0.3 is 0 Å². The molecule has 15 heavy (non-hydrogen) atoms. The average molecular weight is 242 g/mol. The van der Waals surface area contributed by atoms with E-state index in [9.17, 15) is 0 Å². The highest BCUT2D eigenvalue weighted by atomic mass is 32.2. The third-order valence-electron chi connectivity index (χ3n) is 1.79. The molecule has 1 rings (SSSR count). The van der Waals surface area contributed by atoms with Gasteiger partial charge in [-0.2, -0.15) is 16.9 Å². The maximum atomic E-state index is 5.58. The second-order valence-electron chi connectivity index (χ2n) is 3.16. The second kappa shape index (κ2) is 5.87. The fourth-order valence-electron chi connectivity index (χ4n) is 1.16. The Morgan fingerprint density at radius 3 is 3.07 bits per heavy atom. The van der Waals surface area contributed by atoms with Gasteiger partial charge in [-0.1, -0.05) is 12.2 Å². The Morgan fingerprint density at radius 1 is 1.73 bits per heavy atom. The summed E-state index contributed by atoms with van der Waals surface area (Å²) in [6, 6.07) is 2.08. The van der Waals surface area contributed by atoms with Crippen molar-refractivity contribution >= 4 is 34.8 Å². The van der Waals surface area contributed by atoms with E-state index in [1.54, 1.807) is 24.0 Å². The standard InChI is InChI=1S/C9H14N4S2/c1-6(5-15-2)12-9-7(8(10)14)3-4-11-13-9/h3-4,6H,5H2,1-2H3,(H2,10,14)(H,12,13). The Morgan fingerprint density at radius 2 is 2.47 bits per heavy atom. The average Bonchev–Trinajstić information content (AvgIpc) is 2.18. The van der Waals surface area contributed by atoms with Crippen molar-refractivity contribution in [1.29, 1.82) is 0 Å². The molecule has 1 unspecified atom stereocenters. The first-order chi connectivity index (χ1) is 7.15. The highest BCUT2D eigenvalue weighted by Gasteiger charge is 2.09. The first kappa shape index (κ1) is 12.2. The summed E-state index contributed by atoms with van der Waals surface area (Å²) in [5.41, 5.74) is 6.33. The Kier molecular flexibility index (Phi) is 4.77. The van der Waals surface area contributed by atoms with Crippen molar-refractivity contribution < 1.29 is 0 Å². The van der Waals surface area contributed by atoms with E-state index in [0.29, 0.717) is 16.8 Å². The molecule has 1 atom stereocenters. The predicted molar refractivity (Wildman–Crippen MR) is 69.4 cm³/mol. The summed E-state index contributed by atoms with van der Waals surface area (Å²) in [6.07, 6.45) is 3.64. The number of nitrogens with two attached hydrogens (primary N) is 1. The van der Waals surface area contributed by atoms with E-state index in [2.05, 4.69) is 28.7 Å². The summed E-state index contributed by atoms with van der Waals surface area (Å²) in [4.78, 5) is 0.337. The molecule has 0 saturated heterocycles. The number of anilines is 1. The van der Waals surface area contributed by atoms with Crippen LogP contribution in [-0.4, -0.2) is 33.2 Å². The summed E-state index contributed by atoms with van der Waals surface area (Å²) < 4.78 is 0. The zero-order valence-electron chi connectivity index (χ0n) is 8.73. The molecular weight excluding hydrogens is 228 g/mol. The van der Waals surface area contributed by atoms with Crippen molar-refractivity contribution in [3.63, 3.8) is 0 Å². The van der Waals surface area contributed by atoms with E-state index < -0.39 is 0 Å². The van der Waals surface area contributed by atoms with Crippen molar-refractivity contribution in [3.05, 3.63) is 17.8 Å². The number of aromatic nitrogens is 2. The van der Waals surface area contributed by atoms with E-state index in [0.717, 1.165) is 11.3 Å². The van der Waals surface area contributed by atoms with Crippen LogP contribution in [0.25, 0.3) is 0 Å². The van der Waals surface area contributed by atoms with Crippen LogP contribution in [0.1, 0.15) is 12.5 Å². The summed E-state index contributed by atoms with van der Waals surface area (Å²) in [6.45, 7) is 2.08. The summed E-state index contributed by atoms with van der Waals surface area (Å²) in [5, 5.41) is 11.0. The topological polar surface area (TPSA) is 63.8 Å².